The third kappa shape index (κ3) is 7.84. The molecular weight excluding hydrogens is 476 g/mol. The van der Waals surface area contributed by atoms with Crippen molar-refractivity contribution in [2.75, 3.05) is 18.5 Å². The molecule has 10 heteroatoms. The van der Waals surface area contributed by atoms with Crippen LogP contribution in [-0.2, 0) is 14.4 Å². The van der Waals surface area contributed by atoms with Gasteiger partial charge in [0.25, 0.3) is 5.91 Å². The first kappa shape index (κ1) is 23.4. The third-order valence-electron chi connectivity index (χ3n) is 3.55. The molecule has 2 rings (SSSR count). The number of anilines is 1. The number of carbonyl (C=O) groups is 3. The van der Waals surface area contributed by atoms with Crippen LogP contribution >= 0.6 is 27.5 Å². The van der Waals surface area contributed by atoms with E-state index in [0.29, 0.717) is 35.0 Å². The summed E-state index contributed by atoms with van der Waals surface area (Å²) in [5.41, 5.74) is 3.19. The molecule has 0 heterocycles. The van der Waals surface area contributed by atoms with Crippen LogP contribution in [0.2, 0.25) is 5.02 Å². The Labute approximate surface area is 187 Å². The lowest BCUT2D eigenvalue weighted by atomic mass is 10.2. The summed E-state index contributed by atoms with van der Waals surface area (Å²) in [6.45, 7) is 2.03. The zero-order valence-corrected chi connectivity index (χ0v) is 18.4. The van der Waals surface area contributed by atoms with E-state index in [9.17, 15) is 14.4 Å². The second-order valence-electron chi connectivity index (χ2n) is 5.98. The van der Waals surface area contributed by atoms with Crippen molar-refractivity contribution in [1.82, 2.24) is 10.7 Å². The maximum atomic E-state index is 12.1. The Morgan fingerprint density at radius 2 is 1.97 bits per heavy atom. The minimum atomic E-state index is -0.877. The van der Waals surface area contributed by atoms with Gasteiger partial charge in [-0.2, -0.15) is 5.10 Å². The minimum absolute atomic E-state index is 0.249. The second kappa shape index (κ2) is 11.9. The zero-order chi connectivity index (χ0) is 21.9. The molecule has 0 unspecified atom stereocenters. The van der Waals surface area contributed by atoms with Crippen LogP contribution in [0, 0.1) is 0 Å². The van der Waals surface area contributed by atoms with E-state index in [1.54, 1.807) is 42.5 Å². The quantitative estimate of drug-likeness (QED) is 0.297. The zero-order valence-electron chi connectivity index (χ0n) is 16.1. The van der Waals surface area contributed by atoms with Gasteiger partial charge < -0.3 is 15.4 Å². The third-order valence-corrected chi connectivity index (χ3v) is 4.28. The van der Waals surface area contributed by atoms with Crippen molar-refractivity contribution in [3.63, 3.8) is 0 Å². The first-order chi connectivity index (χ1) is 14.4. The second-order valence-corrected chi connectivity index (χ2v) is 7.34. The highest BCUT2D eigenvalue weighted by Crippen LogP contribution is 2.22. The molecule has 0 aromatic heterocycles. The Morgan fingerprint density at radius 1 is 1.17 bits per heavy atom. The Hall–Kier alpha value is -2.91. The van der Waals surface area contributed by atoms with Gasteiger partial charge in [-0.1, -0.05) is 40.5 Å². The predicted molar refractivity (Wildman–Crippen MR) is 119 cm³/mol. The van der Waals surface area contributed by atoms with E-state index in [-0.39, 0.29) is 12.5 Å². The number of benzene rings is 2. The summed E-state index contributed by atoms with van der Waals surface area (Å²) in [5, 5.41) is 9.41. The fraction of sp³-hybridized carbons (Fsp3) is 0.200. The van der Waals surface area contributed by atoms with Crippen LogP contribution in [0.5, 0.6) is 5.75 Å². The number of halogens is 2. The summed E-state index contributed by atoms with van der Waals surface area (Å²) in [4.78, 5) is 35.3. The highest BCUT2D eigenvalue weighted by atomic mass is 79.9. The summed E-state index contributed by atoms with van der Waals surface area (Å²) >= 11 is 9.23. The Balaban J connectivity index is 1.96. The van der Waals surface area contributed by atoms with Gasteiger partial charge in [-0.05, 0) is 42.8 Å². The Morgan fingerprint density at radius 3 is 2.70 bits per heavy atom. The monoisotopic (exact) mass is 494 g/mol. The van der Waals surface area contributed by atoms with Crippen molar-refractivity contribution in [3.05, 3.63) is 57.5 Å². The number of hydrogen-bond acceptors (Lipinski definition) is 5. The number of nitrogens with zero attached hydrogens (tertiary/aromatic N) is 1. The SMILES string of the molecule is CCCNC(=O)C(=O)N/N=C\c1cc(Br)ccc1OCC(=O)Nc1cccc(Cl)c1. The van der Waals surface area contributed by atoms with Crippen molar-refractivity contribution in [3.8, 4) is 5.75 Å². The largest absolute Gasteiger partial charge is 0.483 e. The first-order valence-electron chi connectivity index (χ1n) is 8.98. The normalized spacial score (nSPS) is 10.5. The molecule has 158 valence electrons. The van der Waals surface area contributed by atoms with E-state index in [1.807, 2.05) is 6.92 Å². The number of nitrogens with one attached hydrogen (secondary N) is 3. The molecule has 0 aliphatic heterocycles. The van der Waals surface area contributed by atoms with Gasteiger partial charge in [0.15, 0.2) is 6.61 Å². The molecular formula is C20H20BrClN4O4. The molecule has 2 aromatic carbocycles. The summed E-state index contributed by atoms with van der Waals surface area (Å²) in [7, 11) is 0. The van der Waals surface area contributed by atoms with Crippen LogP contribution in [0.15, 0.2) is 52.0 Å². The van der Waals surface area contributed by atoms with Crippen molar-refractivity contribution in [1.29, 1.82) is 0 Å². The van der Waals surface area contributed by atoms with E-state index in [4.69, 9.17) is 16.3 Å². The number of amides is 3. The summed E-state index contributed by atoms with van der Waals surface area (Å²) < 4.78 is 6.31. The number of hydrazone groups is 1. The predicted octanol–water partition coefficient (Wildman–Crippen LogP) is 3.10. The molecule has 0 atom stereocenters. The number of ether oxygens (including phenoxy) is 1. The molecule has 0 fully saturated rings. The van der Waals surface area contributed by atoms with E-state index in [0.717, 1.165) is 4.47 Å². The molecule has 3 N–H and O–H groups in total. The molecule has 0 saturated heterocycles. The van der Waals surface area contributed by atoms with Crippen LogP contribution < -0.4 is 20.8 Å². The number of carbonyl (C=O) groups excluding carboxylic acids is 3. The van der Waals surface area contributed by atoms with E-state index in [1.165, 1.54) is 6.21 Å². The molecule has 3 amide bonds. The van der Waals surface area contributed by atoms with Crippen molar-refractivity contribution >= 4 is 57.2 Å². The van der Waals surface area contributed by atoms with Gasteiger partial charge in [-0.25, -0.2) is 5.43 Å². The van der Waals surface area contributed by atoms with Gasteiger partial charge in [0, 0.05) is 27.3 Å². The molecule has 0 bridgehead atoms. The van der Waals surface area contributed by atoms with Gasteiger partial charge in [-0.3, -0.25) is 14.4 Å². The summed E-state index contributed by atoms with van der Waals surface area (Å²) in [5.74, 6) is -1.65. The number of hydrogen-bond donors (Lipinski definition) is 3. The maximum absolute atomic E-state index is 12.1. The highest BCUT2D eigenvalue weighted by molar-refractivity contribution is 9.10. The van der Waals surface area contributed by atoms with Crippen molar-refractivity contribution < 1.29 is 19.1 Å². The van der Waals surface area contributed by atoms with Gasteiger partial charge in [-0.15, -0.1) is 0 Å². The van der Waals surface area contributed by atoms with Crippen molar-refractivity contribution in [2.24, 2.45) is 5.10 Å². The fourth-order valence-corrected chi connectivity index (χ4v) is 2.76. The smallest absolute Gasteiger partial charge is 0.329 e. The Kier molecular flexibility index (Phi) is 9.30. The lowest BCUT2D eigenvalue weighted by molar-refractivity contribution is -0.139. The molecule has 0 aliphatic carbocycles. The first-order valence-corrected chi connectivity index (χ1v) is 10.1. The fourth-order valence-electron chi connectivity index (χ4n) is 2.19. The van der Waals surface area contributed by atoms with E-state index in [2.05, 4.69) is 37.1 Å². The maximum Gasteiger partial charge on any atom is 0.329 e. The van der Waals surface area contributed by atoms with E-state index < -0.39 is 11.8 Å². The van der Waals surface area contributed by atoms with Crippen LogP contribution in [-0.4, -0.2) is 37.1 Å². The summed E-state index contributed by atoms with van der Waals surface area (Å²) in [6, 6.07) is 11.8. The molecule has 0 saturated carbocycles. The standard InChI is InChI=1S/C20H20BrClN4O4/c1-2-8-23-19(28)20(29)26-24-11-13-9-14(21)6-7-17(13)30-12-18(27)25-16-5-3-4-15(22)10-16/h3-7,9-11H,2,8,12H2,1H3,(H,23,28)(H,25,27)(H,26,29)/b24-11-. The topological polar surface area (TPSA) is 109 Å². The summed E-state index contributed by atoms with van der Waals surface area (Å²) in [6.07, 6.45) is 2.03. The molecule has 0 spiro atoms. The van der Waals surface area contributed by atoms with Gasteiger partial charge in [0.1, 0.15) is 5.75 Å². The molecule has 8 nitrogen and oxygen atoms in total. The molecule has 30 heavy (non-hydrogen) atoms. The van der Waals surface area contributed by atoms with Crippen LogP contribution in [0.25, 0.3) is 0 Å². The minimum Gasteiger partial charge on any atom is -0.483 e. The van der Waals surface area contributed by atoms with Gasteiger partial charge in [0.05, 0.1) is 6.21 Å². The van der Waals surface area contributed by atoms with Crippen molar-refractivity contribution in [2.45, 2.75) is 13.3 Å². The Bertz CT molecular complexity index is 952. The lowest BCUT2D eigenvalue weighted by Crippen LogP contribution is -2.38. The van der Waals surface area contributed by atoms with Crippen LogP contribution in [0.3, 0.4) is 0 Å². The number of rotatable bonds is 8. The molecule has 2 aromatic rings. The lowest BCUT2D eigenvalue weighted by Gasteiger charge is -2.10. The molecule has 0 radical (unpaired) electrons. The average Bonchev–Trinajstić information content (AvgIpc) is 2.71. The highest BCUT2D eigenvalue weighted by Gasteiger charge is 2.11. The average molecular weight is 496 g/mol. The molecule has 0 aliphatic rings. The van der Waals surface area contributed by atoms with Gasteiger partial charge in [0.2, 0.25) is 0 Å². The van der Waals surface area contributed by atoms with Crippen LogP contribution in [0.4, 0.5) is 5.69 Å². The van der Waals surface area contributed by atoms with E-state index >= 15 is 0 Å². The van der Waals surface area contributed by atoms with Gasteiger partial charge >= 0.3 is 11.8 Å². The van der Waals surface area contributed by atoms with Crippen LogP contribution in [0.1, 0.15) is 18.9 Å².